The maximum Gasteiger partial charge on any atom is 0.338 e. The van der Waals surface area contributed by atoms with E-state index >= 15 is 0 Å². The van der Waals surface area contributed by atoms with Gasteiger partial charge in [-0.25, -0.2) is 4.79 Å². The number of esters is 2. The fraction of sp³-hybridized carbons (Fsp3) is 0.458. The number of anilines is 1. The number of carbonyl (C=O) groups excluding carboxylic acids is 5. The number of imide groups is 1. The lowest BCUT2D eigenvalue weighted by molar-refractivity contribution is -0.154. The lowest BCUT2D eigenvalue weighted by Gasteiger charge is -2.16. The third-order valence-electron chi connectivity index (χ3n) is 6.35. The smallest absolute Gasteiger partial charge is 0.338 e. The molecule has 9 nitrogen and oxygen atoms in total. The van der Waals surface area contributed by atoms with Crippen molar-refractivity contribution in [2.75, 3.05) is 25.1 Å². The molecule has 174 valence electrons. The van der Waals surface area contributed by atoms with Gasteiger partial charge in [0, 0.05) is 5.69 Å². The first-order valence-electron chi connectivity index (χ1n) is 11.1. The van der Waals surface area contributed by atoms with Gasteiger partial charge in [0.05, 0.1) is 24.0 Å². The first-order valence-corrected chi connectivity index (χ1v) is 11.1. The number of carbonyl (C=O) groups is 5. The van der Waals surface area contributed by atoms with Gasteiger partial charge in [-0.2, -0.15) is 0 Å². The van der Waals surface area contributed by atoms with Crippen LogP contribution in [0.25, 0.3) is 0 Å². The van der Waals surface area contributed by atoms with Crippen molar-refractivity contribution in [2.24, 2.45) is 23.7 Å². The molecule has 0 radical (unpaired) electrons. The summed E-state index contributed by atoms with van der Waals surface area (Å²) in [4.78, 5) is 62.3. The van der Waals surface area contributed by atoms with Crippen LogP contribution in [0.2, 0.25) is 0 Å². The highest BCUT2D eigenvalue weighted by atomic mass is 16.5. The topological polar surface area (TPSA) is 119 Å². The quantitative estimate of drug-likeness (QED) is 0.262. The van der Waals surface area contributed by atoms with E-state index in [4.69, 9.17) is 9.47 Å². The maximum atomic E-state index is 12.6. The lowest BCUT2D eigenvalue weighted by atomic mass is 9.85. The number of nitrogens with zero attached hydrogens (tertiary/aromatic N) is 1. The molecule has 0 unspecified atom stereocenters. The fourth-order valence-electron chi connectivity index (χ4n) is 4.72. The summed E-state index contributed by atoms with van der Waals surface area (Å²) in [5, 5.41) is 2.56. The van der Waals surface area contributed by atoms with Crippen LogP contribution >= 0.6 is 0 Å². The molecule has 4 atom stereocenters. The average molecular weight is 454 g/mol. The summed E-state index contributed by atoms with van der Waals surface area (Å²) in [7, 11) is 0. The molecule has 2 fully saturated rings. The molecule has 0 spiro atoms. The SMILES string of the molecule is CCCCOC(=O)c1ccc(NC(=O)COC(=O)CN2C(=O)[C@@H]3[C@@H](C2=O)[C@H]2C=C[C@H]3C2)cc1. The highest BCUT2D eigenvalue weighted by Gasteiger charge is 2.59. The Hall–Kier alpha value is -3.49. The summed E-state index contributed by atoms with van der Waals surface area (Å²) < 4.78 is 10.1. The van der Waals surface area contributed by atoms with Gasteiger partial charge >= 0.3 is 11.9 Å². The molecule has 0 aromatic heterocycles. The largest absolute Gasteiger partial charge is 0.462 e. The van der Waals surface area contributed by atoms with Crippen molar-refractivity contribution in [1.82, 2.24) is 4.90 Å². The summed E-state index contributed by atoms with van der Waals surface area (Å²) in [5.41, 5.74) is 0.783. The number of likely N-dealkylation sites (tertiary alicyclic amines) is 1. The maximum absolute atomic E-state index is 12.6. The first-order chi connectivity index (χ1) is 15.9. The number of hydrogen-bond acceptors (Lipinski definition) is 7. The number of ether oxygens (including phenoxy) is 2. The molecule has 1 N–H and O–H groups in total. The van der Waals surface area contributed by atoms with Gasteiger partial charge in [-0.1, -0.05) is 25.5 Å². The van der Waals surface area contributed by atoms with Crippen LogP contribution in [-0.2, 0) is 28.7 Å². The second-order valence-electron chi connectivity index (χ2n) is 8.54. The summed E-state index contributed by atoms with van der Waals surface area (Å²) in [5.74, 6) is -3.15. The number of amides is 3. The minimum absolute atomic E-state index is 0.0628. The second-order valence-corrected chi connectivity index (χ2v) is 8.54. The number of nitrogens with one attached hydrogen (secondary N) is 1. The molecule has 4 rings (SSSR count). The van der Waals surface area contributed by atoms with Crippen molar-refractivity contribution < 1.29 is 33.4 Å². The third kappa shape index (κ3) is 4.67. The zero-order valence-electron chi connectivity index (χ0n) is 18.3. The number of benzene rings is 1. The number of fused-ring (bicyclic) bond motifs is 5. The summed E-state index contributed by atoms with van der Waals surface area (Å²) >= 11 is 0. The van der Waals surface area contributed by atoms with Gasteiger partial charge in [-0.3, -0.25) is 24.1 Å². The highest BCUT2D eigenvalue weighted by Crippen LogP contribution is 2.52. The highest BCUT2D eigenvalue weighted by molar-refractivity contribution is 6.08. The molecule has 1 heterocycles. The molecule has 1 saturated heterocycles. The average Bonchev–Trinajstić information content (AvgIpc) is 3.48. The second kappa shape index (κ2) is 9.56. The van der Waals surface area contributed by atoms with Gasteiger partial charge in [0.25, 0.3) is 5.91 Å². The normalized spacial score (nSPS) is 24.7. The molecule has 1 aromatic rings. The minimum atomic E-state index is -0.822. The van der Waals surface area contributed by atoms with Crippen LogP contribution in [0.3, 0.4) is 0 Å². The Kier molecular flexibility index (Phi) is 6.57. The van der Waals surface area contributed by atoms with E-state index in [9.17, 15) is 24.0 Å². The monoisotopic (exact) mass is 454 g/mol. The number of allylic oxidation sites excluding steroid dienone is 2. The predicted octanol–water partition coefficient (Wildman–Crippen LogP) is 1.93. The lowest BCUT2D eigenvalue weighted by Crippen LogP contribution is -2.38. The van der Waals surface area contributed by atoms with Gasteiger partial charge in [0.2, 0.25) is 11.8 Å². The van der Waals surface area contributed by atoms with Crippen LogP contribution in [0.1, 0.15) is 36.5 Å². The zero-order valence-corrected chi connectivity index (χ0v) is 18.3. The van der Waals surface area contributed by atoms with Crippen molar-refractivity contribution in [3.8, 4) is 0 Å². The third-order valence-corrected chi connectivity index (χ3v) is 6.35. The van der Waals surface area contributed by atoms with Crippen molar-refractivity contribution in [2.45, 2.75) is 26.2 Å². The van der Waals surface area contributed by atoms with E-state index in [1.54, 1.807) is 12.1 Å². The van der Waals surface area contributed by atoms with Crippen molar-refractivity contribution in [3.63, 3.8) is 0 Å². The van der Waals surface area contributed by atoms with E-state index in [-0.39, 0.29) is 35.5 Å². The number of unbranched alkanes of at least 4 members (excludes halogenated alkanes) is 1. The Morgan fingerprint density at radius 2 is 1.64 bits per heavy atom. The molecule has 1 saturated carbocycles. The standard InChI is InChI=1S/C24H26N2O7/c1-2-3-10-32-24(31)14-6-8-17(9-7-14)25-18(27)13-33-19(28)12-26-22(29)20-15-4-5-16(11-15)21(20)23(26)30/h4-9,15-16,20-21H,2-3,10-13H2,1H3,(H,25,27)/t15-,16-,20-,21-/m0/s1. The van der Waals surface area contributed by atoms with Crippen molar-refractivity contribution >= 4 is 35.3 Å². The molecule has 2 bridgehead atoms. The van der Waals surface area contributed by atoms with Gasteiger partial charge in [0.1, 0.15) is 6.54 Å². The van der Waals surface area contributed by atoms with E-state index in [0.29, 0.717) is 17.9 Å². The summed E-state index contributed by atoms with van der Waals surface area (Å²) in [6.07, 6.45) is 6.48. The van der Waals surface area contributed by atoms with Crippen molar-refractivity contribution in [3.05, 3.63) is 42.0 Å². The van der Waals surface area contributed by atoms with Gasteiger partial charge in [0.15, 0.2) is 6.61 Å². The Morgan fingerprint density at radius 3 is 2.24 bits per heavy atom. The number of rotatable bonds is 9. The molecule has 1 aromatic carbocycles. The van der Waals surface area contributed by atoms with E-state index in [1.165, 1.54) is 12.1 Å². The van der Waals surface area contributed by atoms with E-state index in [2.05, 4.69) is 5.32 Å². The minimum Gasteiger partial charge on any atom is -0.462 e. The van der Waals surface area contributed by atoms with Gasteiger partial charge < -0.3 is 14.8 Å². The molecule has 1 aliphatic heterocycles. The molecule has 9 heteroatoms. The van der Waals surface area contributed by atoms with Crippen LogP contribution in [0.15, 0.2) is 36.4 Å². The fourth-order valence-corrected chi connectivity index (χ4v) is 4.72. The Bertz CT molecular complexity index is 971. The van der Waals surface area contributed by atoms with Gasteiger partial charge in [-0.05, 0) is 48.9 Å². The van der Waals surface area contributed by atoms with Crippen LogP contribution < -0.4 is 5.32 Å². The summed E-state index contributed by atoms with van der Waals surface area (Å²) in [6.45, 7) is 1.30. The summed E-state index contributed by atoms with van der Waals surface area (Å²) in [6, 6.07) is 6.14. The zero-order chi connectivity index (χ0) is 23.5. The van der Waals surface area contributed by atoms with Gasteiger partial charge in [-0.15, -0.1) is 0 Å². The van der Waals surface area contributed by atoms with Crippen molar-refractivity contribution in [1.29, 1.82) is 0 Å². The predicted molar refractivity (Wildman–Crippen MR) is 116 cm³/mol. The van der Waals surface area contributed by atoms with Crippen LogP contribution in [-0.4, -0.2) is 54.3 Å². The first kappa shape index (κ1) is 22.7. The Balaban J connectivity index is 1.22. The van der Waals surface area contributed by atoms with E-state index in [1.807, 2.05) is 19.1 Å². The van der Waals surface area contributed by atoms with Crippen LogP contribution in [0.5, 0.6) is 0 Å². The Labute approximate surface area is 191 Å². The molecule has 3 aliphatic rings. The van der Waals surface area contributed by atoms with Crippen LogP contribution in [0.4, 0.5) is 5.69 Å². The Morgan fingerprint density at radius 1 is 1.00 bits per heavy atom. The molecule has 3 amide bonds. The molecule has 33 heavy (non-hydrogen) atoms. The number of hydrogen-bond donors (Lipinski definition) is 1. The molecular formula is C24H26N2O7. The van der Waals surface area contributed by atoms with Crippen LogP contribution in [0, 0.1) is 23.7 Å². The van der Waals surface area contributed by atoms with E-state index in [0.717, 1.165) is 24.2 Å². The molecule has 2 aliphatic carbocycles. The van der Waals surface area contributed by atoms with E-state index < -0.39 is 31.0 Å². The molecular weight excluding hydrogens is 428 g/mol.